The first kappa shape index (κ1) is 19.0. The highest BCUT2D eigenvalue weighted by Crippen LogP contribution is 2.22. The van der Waals surface area contributed by atoms with E-state index in [1.807, 2.05) is 0 Å². The molecule has 1 nitrogen and oxygen atoms in total. The van der Waals surface area contributed by atoms with Gasteiger partial charge in [0.2, 0.25) is 0 Å². The average molecular weight is 270 g/mol. The van der Waals surface area contributed by atoms with Crippen molar-refractivity contribution < 1.29 is 0 Å². The van der Waals surface area contributed by atoms with Gasteiger partial charge in [-0.2, -0.15) is 0 Å². The van der Waals surface area contributed by atoms with E-state index in [1.165, 1.54) is 58.0 Å². The van der Waals surface area contributed by atoms with Gasteiger partial charge < -0.3 is 4.90 Å². The summed E-state index contributed by atoms with van der Waals surface area (Å²) >= 11 is 0. The van der Waals surface area contributed by atoms with Crippen LogP contribution in [0, 0.1) is 10.8 Å². The van der Waals surface area contributed by atoms with Gasteiger partial charge in [-0.15, -0.1) is 0 Å². The van der Waals surface area contributed by atoms with Gasteiger partial charge in [0.25, 0.3) is 0 Å². The topological polar surface area (TPSA) is 3.24 Å². The second-order valence-corrected chi connectivity index (χ2v) is 8.73. The summed E-state index contributed by atoms with van der Waals surface area (Å²) in [5.41, 5.74) is 0.956. The van der Waals surface area contributed by atoms with Crippen LogP contribution in [0.5, 0.6) is 0 Å². The number of hydrogen-bond donors (Lipinski definition) is 0. The molecule has 0 saturated carbocycles. The molecule has 0 saturated heterocycles. The van der Waals surface area contributed by atoms with Gasteiger partial charge in [-0.1, -0.05) is 73.6 Å². The van der Waals surface area contributed by atoms with E-state index in [2.05, 4.69) is 53.5 Å². The Morgan fingerprint density at radius 3 is 1.58 bits per heavy atom. The summed E-state index contributed by atoms with van der Waals surface area (Å²) in [5.74, 6) is 0. The third kappa shape index (κ3) is 15.9. The van der Waals surface area contributed by atoms with Crippen molar-refractivity contribution in [3.05, 3.63) is 0 Å². The van der Waals surface area contributed by atoms with Crippen LogP contribution in [-0.4, -0.2) is 25.0 Å². The molecule has 0 aromatic rings. The van der Waals surface area contributed by atoms with Gasteiger partial charge in [0.05, 0.1) is 0 Å². The molecule has 0 bridgehead atoms. The predicted molar refractivity (Wildman–Crippen MR) is 88.7 cm³/mol. The van der Waals surface area contributed by atoms with E-state index in [0.717, 1.165) is 0 Å². The van der Waals surface area contributed by atoms with Crippen molar-refractivity contribution in [1.29, 1.82) is 0 Å². The number of unbranched alkanes of at least 4 members (excludes halogenated alkanes) is 5. The largest absolute Gasteiger partial charge is 0.306 e. The van der Waals surface area contributed by atoms with Gasteiger partial charge in [0, 0.05) is 6.54 Å². The van der Waals surface area contributed by atoms with Crippen LogP contribution in [0.1, 0.15) is 86.5 Å². The molecule has 0 N–H and O–H groups in total. The van der Waals surface area contributed by atoms with Gasteiger partial charge in [0.1, 0.15) is 0 Å². The molecule has 19 heavy (non-hydrogen) atoms. The molecule has 0 amide bonds. The first-order valence-corrected chi connectivity index (χ1v) is 8.29. The minimum Gasteiger partial charge on any atom is -0.306 e. The predicted octanol–water partition coefficient (Wildman–Crippen LogP) is 5.74. The van der Waals surface area contributed by atoms with Crippen molar-refractivity contribution in [2.75, 3.05) is 20.1 Å². The fourth-order valence-corrected chi connectivity index (χ4v) is 2.63. The summed E-state index contributed by atoms with van der Waals surface area (Å²) < 4.78 is 0. The maximum atomic E-state index is 2.49. The monoisotopic (exact) mass is 269 g/mol. The number of hydrogen-bond acceptors (Lipinski definition) is 1. The molecule has 116 valence electrons. The molecular formula is C18H39N. The summed E-state index contributed by atoms with van der Waals surface area (Å²) in [6, 6.07) is 0. The molecule has 0 spiro atoms. The van der Waals surface area contributed by atoms with E-state index < -0.39 is 0 Å². The molecular weight excluding hydrogens is 230 g/mol. The Morgan fingerprint density at radius 1 is 0.632 bits per heavy atom. The maximum absolute atomic E-state index is 2.49. The zero-order chi connectivity index (χ0) is 14.9. The third-order valence-corrected chi connectivity index (χ3v) is 3.46. The quantitative estimate of drug-likeness (QED) is 0.482. The summed E-state index contributed by atoms with van der Waals surface area (Å²) in [4.78, 5) is 2.49. The van der Waals surface area contributed by atoms with Crippen molar-refractivity contribution in [3.8, 4) is 0 Å². The minimum absolute atomic E-state index is 0.432. The van der Waals surface area contributed by atoms with Crippen LogP contribution in [0.4, 0.5) is 0 Å². The number of rotatable bonds is 9. The Morgan fingerprint density at radius 2 is 1.11 bits per heavy atom. The third-order valence-electron chi connectivity index (χ3n) is 3.46. The molecule has 0 aromatic heterocycles. The van der Waals surface area contributed by atoms with Crippen molar-refractivity contribution >= 4 is 0 Å². The smallest absolute Gasteiger partial charge is 0.00270 e. The Labute approximate surface area is 123 Å². The average Bonchev–Trinajstić information content (AvgIpc) is 2.17. The maximum Gasteiger partial charge on any atom is 0.00270 e. The first-order valence-electron chi connectivity index (χ1n) is 8.29. The fraction of sp³-hybridized carbons (Fsp3) is 1.00. The summed E-state index contributed by atoms with van der Waals surface area (Å²) in [5, 5.41) is 0. The fourth-order valence-electron chi connectivity index (χ4n) is 2.63. The zero-order valence-corrected chi connectivity index (χ0v) is 14.8. The van der Waals surface area contributed by atoms with Crippen LogP contribution < -0.4 is 0 Å². The van der Waals surface area contributed by atoms with Gasteiger partial charge in [-0.25, -0.2) is 0 Å². The van der Waals surface area contributed by atoms with E-state index in [1.54, 1.807) is 0 Å². The molecule has 0 aliphatic rings. The molecule has 0 fully saturated rings. The van der Waals surface area contributed by atoms with Gasteiger partial charge in [0.15, 0.2) is 0 Å². The molecule has 0 aromatic carbocycles. The van der Waals surface area contributed by atoms with E-state index in [0.29, 0.717) is 10.8 Å². The molecule has 0 aliphatic carbocycles. The van der Waals surface area contributed by atoms with E-state index in [4.69, 9.17) is 0 Å². The second kappa shape index (κ2) is 9.00. The standard InChI is InChI=1S/C18H39N/c1-17(2,3)14-12-10-8-9-11-13-15-19(7)16-18(4,5)6/h8-16H2,1-7H3. The van der Waals surface area contributed by atoms with Crippen molar-refractivity contribution in [1.82, 2.24) is 4.90 Å². The van der Waals surface area contributed by atoms with Gasteiger partial charge in [-0.05, 0) is 37.3 Å². The van der Waals surface area contributed by atoms with E-state index >= 15 is 0 Å². The number of nitrogens with zero attached hydrogens (tertiary/aromatic N) is 1. The van der Waals surface area contributed by atoms with Gasteiger partial charge in [-0.3, -0.25) is 0 Å². The lowest BCUT2D eigenvalue weighted by Crippen LogP contribution is -2.30. The Bertz CT molecular complexity index is 207. The van der Waals surface area contributed by atoms with E-state index in [-0.39, 0.29) is 0 Å². The molecule has 0 unspecified atom stereocenters. The highest BCUT2D eigenvalue weighted by molar-refractivity contribution is 4.66. The Kier molecular flexibility index (Phi) is 8.98. The van der Waals surface area contributed by atoms with Crippen molar-refractivity contribution in [2.24, 2.45) is 10.8 Å². The van der Waals surface area contributed by atoms with Gasteiger partial charge >= 0.3 is 0 Å². The first-order chi connectivity index (χ1) is 8.60. The normalized spacial score (nSPS) is 13.3. The molecule has 0 rings (SSSR count). The second-order valence-electron chi connectivity index (χ2n) is 8.73. The lowest BCUT2D eigenvalue weighted by Gasteiger charge is -2.26. The van der Waals surface area contributed by atoms with Crippen LogP contribution in [0.15, 0.2) is 0 Å². The molecule has 0 atom stereocenters. The van der Waals surface area contributed by atoms with Crippen LogP contribution in [0.2, 0.25) is 0 Å². The SMILES string of the molecule is CN(CCCCCCCCC(C)(C)C)CC(C)(C)C. The summed E-state index contributed by atoms with van der Waals surface area (Å²) in [6.45, 7) is 16.5. The molecule has 0 heterocycles. The minimum atomic E-state index is 0.432. The zero-order valence-electron chi connectivity index (χ0n) is 14.8. The molecule has 0 aliphatic heterocycles. The van der Waals surface area contributed by atoms with Crippen LogP contribution in [0.3, 0.4) is 0 Å². The highest BCUT2D eigenvalue weighted by Gasteiger charge is 2.12. The lowest BCUT2D eigenvalue weighted by molar-refractivity contribution is 0.223. The van der Waals surface area contributed by atoms with Crippen molar-refractivity contribution in [2.45, 2.75) is 86.5 Å². The molecule has 1 heteroatoms. The highest BCUT2D eigenvalue weighted by atomic mass is 15.1. The van der Waals surface area contributed by atoms with Crippen LogP contribution in [0.25, 0.3) is 0 Å². The van der Waals surface area contributed by atoms with E-state index in [9.17, 15) is 0 Å². The Balaban J connectivity index is 3.32. The van der Waals surface area contributed by atoms with Crippen LogP contribution >= 0.6 is 0 Å². The summed E-state index contributed by atoms with van der Waals surface area (Å²) in [6.07, 6.45) is 9.84. The lowest BCUT2D eigenvalue weighted by atomic mass is 9.89. The van der Waals surface area contributed by atoms with Crippen molar-refractivity contribution in [3.63, 3.8) is 0 Å². The van der Waals surface area contributed by atoms with Crippen LogP contribution in [-0.2, 0) is 0 Å². The molecule has 0 radical (unpaired) electrons. The Hall–Kier alpha value is -0.0400. The summed E-state index contributed by atoms with van der Waals surface area (Å²) in [7, 11) is 2.26.